The molecule has 0 saturated carbocycles. The van der Waals surface area contributed by atoms with Crippen molar-refractivity contribution in [3.8, 4) is 22.8 Å². The van der Waals surface area contributed by atoms with E-state index in [1.165, 1.54) is 0 Å². The Balaban J connectivity index is 1.71. The predicted molar refractivity (Wildman–Crippen MR) is 110 cm³/mol. The summed E-state index contributed by atoms with van der Waals surface area (Å²) in [5, 5.41) is 6.29. The van der Waals surface area contributed by atoms with E-state index in [1.807, 2.05) is 24.3 Å². The highest BCUT2D eigenvalue weighted by Crippen LogP contribution is 2.33. The fourth-order valence-electron chi connectivity index (χ4n) is 3.56. The van der Waals surface area contributed by atoms with E-state index in [-0.39, 0.29) is 6.54 Å². The minimum absolute atomic E-state index is 0.161. The molecule has 1 aliphatic rings. The molecule has 1 aliphatic heterocycles. The van der Waals surface area contributed by atoms with Gasteiger partial charge in [0.25, 0.3) is 0 Å². The van der Waals surface area contributed by atoms with Crippen molar-refractivity contribution in [2.75, 3.05) is 39.2 Å². The van der Waals surface area contributed by atoms with E-state index >= 15 is 4.39 Å². The number of methoxy groups -OCH3 is 2. The topological polar surface area (TPSA) is 81.2 Å². The summed E-state index contributed by atoms with van der Waals surface area (Å²) in [7, 11) is 3.18. The van der Waals surface area contributed by atoms with Crippen molar-refractivity contribution in [2.24, 2.45) is 0 Å². The zero-order valence-corrected chi connectivity index (χ0v) is 16.5. The molecular weight excluding hydrogens is 373 g/mol. The van der Waals surface area contributed by atoms with Crippen molar-refractivity contribution in [1.29, 1.82) is 0 Å². The quantitative estimate of drug-likeness (QED) is 0.661. The second-order valence-electron chi connectivity index (χ2n) is 7.13. The van der Waals surface area contributed by atoms with Gasteiger partial charge in [-0.3, -0.25) is 4.98 Å². The summed E-state index contributed by atoms with van der Waals surface area (Å²) in [6.07, 6.45) is 4.58. The summed E-state index contributed by atoms with van der Waals surface area (Å²) < 4.78 is 25.8. The van der Waals surface area contributed by atoms with E-state index in [1.54, 1.807) is 26.6 Å². The van der Waals surface area contributed by atoms with Crippen molar-refractivity contribution in [2.45, 2.75) is 18.5 Å². The van der Waals surface area contributed by atoms with Gasteiger partial charge in [-0.15, -0.1) is 0 Å². The molecule has 1 fully saturated rings. The first kappa shape index (κ1) is 19.3. The molecule has 8 heteroatoms. The Morgan fingerprint density at radius 1 is 1.14 bits per heavy atom. The van der Waals surface area contributed by atoms with Gasteiger partial charge in [0.2, 0.25) is 0 Å². The van der Waals surface area contributed by atoms with Crippen LogP contribution in [0.1, 0.15) is 12.8 Å². The Bertz CT molecular complexity index is 1010. The van der Waals surface area contributed by atoms with Crippen LogP contribution in [0.2, 0.25) is 0 Å². The highest BCUT2D eigenvalue weighted by atomic mass is 19.1. The number of ether oxygens (including phenoxy) is 2. The van der Waals surface area contributed by atoms with E-state index in [2.05, 4.69) is 20.6 Å². The van der Waals surface area contributed by atoms with Crippen LogP contribution in [-0.4, -0.2) is 54.5 Å². The Kier molecular flexibility index (Phi) is 5.44. The Hall–Kier alpha value is -3.00. The maximum Gasteiger partial charge on any atom is 0.161 e. The minimum Gasteiger partial charge on any atom is -0.493 e. The third-order valence-electron chi connectivity index (χ3n) is 5.13. The summed E-state index contributed by atoms with van der Waals surface area (Å²) >= 11 is 0. The van der Waals surface area contributed by atoms with Crippen LogP contribution >= 0.6 is 0 Å². The van der Waals surface area contributed by atoms with E-state index in [0.717, 1.165) is 18.5 Å². The summed E-state index contributed by atoms with van der Waals surface area (Å²) in [5.41, 5.74) is 1.52. The lowest BCUT2D eigenvalue weighted by Gasteiger charge is -2.30. The highest BCUT2D eigenvalue weighted by Gasteiger charge is 2.31. The molecule has 1 saturated heterocycles. The summed E-state index contributed by atoms with van der Waals surface area (Å²) in [6, 6.07) is 7.45. The fourth-order valence-corrected chi connectivity index (χ4v) is 3.56. The number of halogens is 1. The lowest BCUT2D eigenvalue weighted by Crippen LogP contribution is -2.46. The smallest absolute Gasteiger partial charge is 0.161 e. The number of benzene rings is 1. The number of anilines is 1. The molecule has 1 aromatic carbocycles. The molecule has 152 valence electrons. The van der Waals surface area contributed by atoms with Gasteiger partial charge in [0.15, 0.2) is 17.3 Å². The number of rotatable bonds is 6. The van der Waals surface area contributed by atoms with Crippen LogP contribution in [-0.2, 0) is 0 Å². The molecule has 3 aromatic rings. The van der Waals surface area contributed by atoms with Gasteiger partial charge in [-0.2, -0.15) is 0 Å². The first-order valence-corrected chi connectivity index (χ1v) is 9.59. The van der Waals surface area contributed by atoms with E-state index in [0.29, 0.717) is 47.0 Å². The van der Waals surface area contributed by atoms with Crippen molar-refractivity contribution >= 4 is 16.9 Å². The monoisotopic (exact) mass is 397 g/mol. The summed E-state index contributed by atoms with van der Waals surface area (Å²) in [5.74, 6) is 1.76. The molecule has 7 nitrogen and oxygen atoms in total. The maximum atomic E-state index is 15.0. The van der Waals surface area contributed by atoms with Gasteiger partial charge in [0.05, 0.1) is 32.0 Å². The number of pyridine rings is 1. The molecule has 0 bridgehead atoms. The molecule has 2 N–H and O–H groups in total. The van der Waals surface area contributed by atoms with Gasteiger partial charge >= 0.3 is 0 Å². The van der Waals surface area contributed by atoms with E-state index < -0.39 is 5.67 Å². The molecule has 0 radical (unpaired) electrons. The zero-order chi connectivity index (χ0) is 20.3. The lowest BCUT2D eigenvalue weighted by molar-refractivity contribution is 0.137. The number of piperidine rings is 1. The normalized spacial score (nSPS) is 19.1. The molecule has 29 heavy (non-hydrogen) atoms. The van der Waals surface area contributed by atoms with Gasteiger partial charge in [0.1, 0.15) is 11.2 Å². The summed E-state index contributed by atoms with van der Waals surface area (Å²) in [6.45, 7) is 1.35. The maximum absolute atomic E-state index is 15.0. The average molecular weight is 397 g/mol. The fraction of sp³-hybridized carbons (Fsp3) is 0.381. The standard InChI is InChI=1S/C21H24FN5O2/c1-28-17-5-4-14(10-18(17)29-2)15-11-16-19(25-9-8-24-16)20(27-15)26-13-21(22)6-3-7-23-12-21/h4-5,8-11,23H,3,6-7,12-13H2,1-2H3,(H,26,27)/t21-/m1/s1. The van der Waals surface area contributed by atoms with Crippen LogP contribution in [0, 0.1) is 0 Å². The summed E-state index contributed by atoms with van der Waals surface area (Å²) in [4.78, 5) is 13.5. The third kappa shape index (κ3) is 4.07. The average Bonchev–Trinajstić information content (AvgIpc) is 2.77. The van der Waals surface area contributed by atoms with Crippen LogP contribution in [0.3, 0.4) is 0 Å². The van der Waals surface area contributed by atoms with E-state index in [9.17, 15) is 0 Å². The molecule has 0 spiro atoms. The van der Waals surface area contributed by atoms with Crippen molar-refractivity contribution in [3.05, 3.63) is 36.7 Å². The number of hydrogen-bond donors (Lipinski definition) is 2. The second kappa shape index (κ2) is 8.16. The molecular formula is C21H24FN5O2. The van der Waals surface area contributed by atoms with Gasteiger partial charge in [-0.1, -0.05) is 0 Å². The van der Waals surface area contributed by atoms with Crippen LogP contribution in [0.15, 0.2) is 36.7 Å². The van der Waals surface area contributed by atoms with Crippen molar-refractivity contribution in [1.82, 2.24) is 20.3 Å². The van der Waals surface area contributed by atoms with Crippen LogP contribution in [0.5, 0.6) is 11.5 Å². The highest BCUT2D eigenvalue weighted by molar-refractivity contribution is 5.88. The Morgan fingerprint density at radius 3 is 2.72 bits per heavy atom. The number of nitrogens with one attached hydrogen (secondary N) is 2. The number of fused-ring (bicyclic) bond motifs is 1. The predicted octanol–water partition coefficient (Wildman–Crippen LogP) is 3.21. The lowest BCUT2D eigenvalue weighted by atomic mass is 9.96. The van der Waals surface area contributed by atoms with Gasteiger partial charge in [0, 0.05) is 24.5 Å². The number of alkyl halides is 1. The largest absolute Gasteiger partial charge is 0.493 e. The van der Waals surface area contributed by atoms with E-state index in [4.69, 9.17) is 14.5 Å². The molecule has 0 aliphatic carbocycles. The van der Waals surface area contributed by atoms with Gasteiger partial charge < -0.3 is 20.1 Å². The first-order valence-electron chi connectivity index (χ1n) is 9.59. The van der Waals surface area contributed by atoms with Gasteiger partial charge in [-0.05, 0) is 43.7 Å². The Morgan fingerprint density at radius 2 is 1.97 bits per heavy atom. The zero-order valence-electron chi connectivity index (χ0n) is 16.5. The number of aromatic nitrogens is 3. The number of hydrogen-bond acceptors (Lipinski definition) is 7. The molecule has 0 unspecified atom stereocenters. The van der Waals surface area contributed by atoms with Crippen molar-refractivity contribution in [3.63, 3.8) is 0 Å². The molecule has 2 aromatic heterocycles. The van der Waals surface area contributed by atoms with Crippen molar-refractivity contribution < 1.29 is 13.9 Å². The SMILES string of the molecule is COc1ccc(-c2cc3nccnc3c(NC[C@@]3(F)CCCNC3)n2)cc1OC. The third-order valence-corrected chi connectivity index (χ3v) is 5.13. The molecule has 4 rings (SSSR count). The second-order valence-corrected chi connectivity index (χ2v) is 7.13. The van der Waals surface area contributed by atoms with Crippen LogP contribution in [0.25, 0.3) is 22.3 Å². The number of nitrogens with zero attached hydrogens (tertiary/aromatic N) is 3. The van der Waals surface area contributed by atoms with Gasteiger partial charge in [-0.25, -0.2) is 14.4 Å². The Labute approximate surface area is 168 Å². The van der Waals surface area contributed by atoms with Crippen LogP contribution in [0.4, 0.5) is 10.2 Å². The minimum atomic E-state index is -1.31. The first-order chi connectivity index (χ1) is 14.1. The molecule has 0 amide bonds. The molecule has 3 heterocycles. The molecule has 1 atom stereocenters. The van der Waals surface area contributed by atoms with Crippen LogP contribution < -0.4 is 20.1 Å².